The Labute approximate surface area is 88.5 Å². The first kappa shape index (κ1) is 10.1. The molecule has 4 heteroatoms. The highest BCUT2D eigenvalue weighted by Crippen LogP contribution is 2.18. The molecule has 0 amide bonds. The Morgan fingerprint density at radius 3 is 2.62 bits per heavy atom. The highest BCUT2D eigenvalue weighted by atomic mass is 127. The van der Waals surface area contributed by atoms with Gasteiger partial charge in [0, 0.05) is 3.57 Å². The Hall–Kier alpha value is -0.960. The second-order valence-electron chi connectivity index (χ2n) is 2.48. The monoisotopic (exact) mass is 289 g/mol. The molecule has 0 aliphatic rings. The van der Waals surface area contributed by atoms with Crippen LogP contribution < -0.4 is 0 Å². The molecule has 0 saturated carbocycles. The molecule has 1 aromatic rings. The molecule has 0 spiro atoms. The molecule has 0 radical (unpaired) electrons. The van der Waals surface area contributed by atoms with Gasteiger partial charge in [0.25, 0.3) is 0 Å². The average Bonchev–Trinajstić information content (AvgIpc) is 2.02. The second-order valence-corrected chi connectivity index (χ2v) is 3.65. The van der Waals surface area contributed by atoms with Crippen molar-refractivity contribution in [1.29, 1.82) is 5.26 Å². The summed E-state index contributed by atoms with van der Waals surface area (Å²) in [5, 5.41) is 8.51. The zero-order valence-electron chi connectivity index (χ0n) is 6.77. The quantitative estimate of drug-likeness (QED) is 0.588. The van der Waals surface area contributed by atoms with E-state index in [2.05, 4.69) is 0 Å². The molecule has 0 atom stereocenters. The third kappa shape index (κ3) is 2.04. The van der Waals surface area contributed by atoms with Gasteiger partial charge in [-0.05, 0) is 41.6 Å². The van der Waals surface area contributed by atoms with Gasteiger partial charge in [-0.25, -0.2) is 4.39 Å². The molecule has 0 fully saturated rings. The lowest BCUT2D eigenvalue weighted by Crippen LogP contribution is -2.01. The van der Waals surface area contributed by atoms with Crippen molar-refractivity contribution >= 4 is 28.4 Å². The SMILES string of the molecule is CC(=O)c1c(F)cc(C#N)cc1I. The first-order valence-electron chi connectivity index (χ1n) is 3.46. The summed E-state index contributed by atoms with van der Waals surface area (Å²) in [5.41, 5.74) is 0.284. The van der Waals surface area contributed by atoms with Gasteiger partial charge in [-0.3, -0.25) is 4.79 Å². The van der Waals surface area contributed by atoms with Crippen LogP contribution in [0.15, 0.2) is 12.1 Å². The number of nitriles is 1. The normalized spacial score (nSPS) is 9.38. The minimum atomic E-state index is -0.629. The lowest BCUT2D eigenvalue weighted by Gasteiger charge is -2.01. The van der Waals surface area contributed by atoms with Crippen molar-refractivity contribution in [1.82, 2.24) is 0 Å². The molecule has 0 aliphatic heterocycles. The van der Waals surface area contributed by atoms with E-state index in [1.165, 1.54) is 13.0 Å². The molecular formula is C9H5FINO. The molecule has 0 aliphatic carbocycles. The maximum Gasteiger partial charge on any atom is 0.163 e. The average molecular weight is 289 g/mol. The number of hydrogen-bond acceptors (Lipinski definition) is 2. The molecule has 0 saturated heterocycles. The van der Waals surface area contributed by atoms with E-state index in [0.717, 1.165) is 6.07 Å². The van der Waals surface area contributed by atoms with Crippen LogP contribution in [0.2, 0.25) is 0 Å². The van der Waals surface area contributed by atoms with Crippen molar-refractivity contribution in [2.24, 2.45) is 0 Å². The fourth-order valence-electron chi connectivity index (χ4n) is 0.974. The lowest BCUT2D eigenvalue weighted by molar-refractivity contribution is 0.101. The van der Waals surface area contributed by atoms with Gasteiger partial charge in [0.1, 0.15) is 5.82 Å². The Morgan fingerprint density at radius 2 is 2.23 bits per heavy atom. The predicted octanol–water partition coefficient (Wildman–Crippen LogP) is 2.50. The van der Waals surface area contributed by atoms with Crippen LogP contribution in [0.3, 0.4) is 0 Å². The van der Waals surface area contributed by atoms with E-state index in [9.17, 15) is 9.18 Å². The molecule has 13 heavy (non-hydrogen) atoms. The van der Waals surface area contributed by atoms with E-state index in [-0.39, 0.29) is 16.9 Å². The fraction of sp³-hybridized carbons (Fsp3) is 0.111. The van der Waals surface area contributed by atoms with Crippen molar-refractivity contribution in [3.63, 3.8) is 0 Å². The summed E-state index contributed by atoms with van der Waals surface area (Å²) in [6, 6.07) is 4.37. The van der Waals surface area contributed by atoms with Crippen molar-refractivity contribution in [3.8, 4) is 6.07 Å². The first-order valence-corrected chi connectivity index (χ1v) is 4.54. The number of benzene rings is 1. The number of halogens is 2. The maximum atomic E-state index is 13.2. The second kappa shape index (κ2) is 3.83. The van der Waals surface area contributed by atoms with Gasteiger partial charge in [0.15, 0.2) is 5.78 Å². The Kier molecular flexibility index (Phi) is 2.98. The summed E-state index contributed by atoms with van der Waals surface area (Å²) < 4.78 is 13.6. The van der Waals surface area contributed by atoms with Crippen molar-refractivity contribution in [2.75, 3.05) is 0 Å². The van der Waals surface area contributed by atoms with Gasteiger partial charge >= 0.3 is 0 Å². The molecular weight excluding hydrogens is 284 g/mol. The number of ketones is 1. The highest BCUT2D eigenvalue weighted by Gasteiger charge is 2.12. The summed E-state index contributed by atoms with van der Waals surface area (Å²) in [6.07, 6.45) is 0. The van der Waals surface area contributed by atoms with E-state index in [1.807, 2.05) is 28.7 Å². The maximum absolute atomic E-state index is 13.2. The minimum Gasteiger partial charge on any atom is -0.294 e. The van der Waals surface area contributed by atoms with Crippen LogP contribution in [0.25, 0.3) is 0 Å². The van der Waals surface area contributed by atoms with Crippen LogP contribution >= 0.6 is 22.6 Å². The van der Waals surface area contributed by atoms with E-state index in [4.69, 9.17) is 5.26 Å². The molecule has 2 nitrogen and oxygen atoms in total. The third-order valence-electron chi connectivity index (χ3n) is 1.52. The van der Waals surface area contributed by atoms with Crippen molar-refractivity contribution in [3.05, 3.63) is 32.6 Å². The molecule has 0 bridgehead atoms. The topological polar surface area (TPSA) is 40.9 Å². The van der Waals surface area contributed by atoms with Crippen LogP contribution in [-0.2, 0) is 0 Å². The number of nitrogens with zero attached hydrogens (tertiary/aromatic N) is 1. The van der Waals surface area contributed by atoms with E-state index in [0.29, 0.717) is 3.57 Å². The van der Waals surface area contributed by atoms with Gasteiger partial charge in [-0.15, -0.1) is 0 Å². The summed E-state index contributed by atoms with van der Waals surface area (Å²) in [4.78, 5) is 11.0. The summed E-state index contributed by atoms with van der Waals surface area (Å²) in [7, 11) is 0. The minimum absolute atomic E-state index is 0.0552. The number of hydrogen-bond donors (Lipinski definition) is 0. The van der Waals surface area contributed by atoms with Crippen LogP contribution in [-0.4, -0.2) is 5.78 Å². The van der Waals surface area contributed by atoms with Crippen LogP contribution in [0.4, 0.5) is 4.39 Å². The van der Waals surface area contributed by atoms with Crippen LogP contribution in [0.1, 0.15) is 22.8 Å². The molecule has 0 N–H and O–H groups in total. The number of carbonyl (C=O) groups excluding carboxylic acids is 1. The first-order chi connectivity index (χ1) is 6.06. The van der Waals surface area contributed by atoms with Gasteiger partial charge < -0.3 is 0 Å². The lowest BCUT2D eigenvalue weighted by atomic mass is 10.1. The van der Waals surface area contributed by atoms with Crippen molar-refractivity contribution in [2.45, 2.75) is 6.92 Å². The molecule has 1 rings (SSSR count). The zero-order chi connectivity index (χ0) is 10.0. The predicted molar refractivity (Wildman–Crippen MR) is 53.8 cm³/mol. The van der Waals surface area contributed by atoms with E-state index < -0.39 is 5.82 Å². The molecule has 0 heterocycles. The zero-order valence-corrected chi connectivity index (χ0v) is 8.92. The highest BCUT2D eigenvalue weighted by molar-refractivity contribution is 14.1. The van der Waals surface area contributed by atoms with Gasteiger partial charge in [-0.2, -0.15) is 5.26 Å². The Balaban J connectivity index is 3.42. The van der Waals surface area contributed by atoms with E-state index in [1.54, 1.807) is 0 Å². The number of Topliss-reactive ketones (excluding diaryl/α,β-unsaturated/α-hetero) is 1. The summed E-state index contributed by atoms with van der Waals surface area (Å²) >= 11 is 1.84. The van der Waals surface area contributed by atoms with Gasteiger partial charge in [0.2, 0.25) is 0 Å². The summed E-state index contributed by atoms with van der Waals surface area (Å²) in [5.74, 6) is -0.956. The molecule has 0 unspecified atom stereocenters. The standard InChI is InChI=1S/C9H5FINO/c1-5(13)9-7(10)2-6(4-12)3-8(9)11/h2-3H,1H3. The third-order valence-corrected chi connectivity index (χ3v) is 2.37. The number of carbonyl (C=O) groups is 1. The van der Waals surface area contributed by atoms with Crippen LogP contribution in [0.5, 0.6) is 0 Å². The van der Waals surface area contributed by atoms with Gasteiger partial charge in [-0.1, -0.05) is 0 Å². The smallest absolute Gasteiger partial charge is 0.163 e. The Morgan fingerprint density at radius 1 is 1.62 bits per heavy atom. The number of rotatable bonds is 1. The Bertz CT molecular complexity index is 386. The fourth-order valence-corrected chi connectivity index (χ4v) is 1.95. The van der Waals surface area contributed by atoms with Crippen molar-refractivity contribution < 1.29 is 9.18 Å². The van der Waals surface area contributed by atoms with Gasteiger partial charge in [0.05, 0.1) is 17.2 Å². The van der Waals surface area contributed by atoms with Crippen LogP contribution in [0, 0.1) is 20.7 Å². The molecule has 0 aromatic heterocycles. The summed E-state index contributed by atoms with van der Waals surface area (Å²) in [6.45, 7) is 1.30. The molecule has 66 valence electrons. The largest absolute Gasteiger partial charge is 0.294 e. The molecule has 1 aromatic carbocycles. The van der Waals surface area contributed by atoms with E-state index >= 15 is 0 Å².